The number of hydrogen-bond acceptors (Lipinski definition) is 3. The van der Waals surface area contributed by atoms with E-state index in [-0.39, 0.29) is 6.61 Å². The first-order chi connectivity index (χ1) is 9.96. The average Bonchev–Trinajstić information content (AvgIpc) is 2.42. The third-order valence-electron chi connectivity index (χ3n) is 3.36. The average molecular weight is 304 g/mol. The van der Waals surface area contributed by atoms with Crippen LogP contribution < -0.4 is 4.74 Å². The van der Waals surface area contributed by atoms with Crippen molar-refractivity contribution in [2.24, 2.45) is 0 Å². The van der Waals surface area contributed by atoms with Crippen LogP contribution in [0.15, 0.2) is 18.2 Å². The summed E-state index contributed by atoms with van der Waals surface area (Å²) in [5.41, 5.74) is 2.03. The molecule has 0 bridgehead atoms. The first-order valence-corrected chi connectivity index (χ1v) is 7.04. The molecule has 0 aromatic heterocycles. The summed E-state index contributed by atoms with van der Waals surface area (Å²) in [6.07, 6.45) is -1.64. The van der Waals surface area contributed by atoms with Crippen molar-refractivity contribution < 1.29 is 27.8 Å². The molecule has 0 aliphatic heterocycles. The highest BCUT2D eigenvalue weighted by molar-refractivity contribution is 5.38. The van der Waals surface area contributed by atoms with Crippen molar-refractivity contribution in [3.8, 4) is 5.75 Å². The summed E-state index contributed by atoms with van der Waals surface area (Å²) < 4.78 is 45.5. The minimum Gasteiger partial charge on any atom is -0.493 e. The fourth-order valence-electron chi connectivity index (χ4n) is 2.39. The van der Waals surface area contributed by atoms with Crippen molar-refractivity contribution in [3.63, 3.8) is 0 Å². The molecule has 0 fully saturated rings. The van der Waals surface area contributed by atoms with Crippen molar-refractivity contribution in [3.05, 3.63) is 29.3 Å². The van der Waals surface area contributed by atoms with Gasteiger partial charge in [0.1, 0.15) is 12.4 Å². The lowest BCUT2D eigenvalue weighted by Gasteiger charge is -2.21. The number of ether oxygens (including phenoxy) is 2. The Morgan fingerprint density at radius 2 is 2.05 bits per heavy atom. The predicted octanol–water partition coefficient (Wildman–Crippen LogP) is 3.40. The standard InChI is InChI=1S/C15H19F3O3/c16-15(17,18)10-20-7-2-8-21-12-5-6-13-11(9-12)3-1-4-14(13)19/h5-6,9,14,19H,1-4,7-8,10H2. The normalized spacial score (nSPS) is 18.4. The molecule has 2 rings (SSSR count). The van der Waals surface area contributed by atoms with Crippen molar-refractivity contribution in [2.75, 3.05) is 19.8 Å². The van der Waals surface area contributed by atoms with E-state index in [2.05, 4.69) is 4.74 Å². The second kappa shape index (κ2) is 7.13. The van der Waals surface area contributed by atoms with E-state index in [1.54, 1.807) is 6.07 Å². The third kappa shape index (κ3) is 5.21. The Morgan fingerprint density at radius 1 is 1.24 bits per heavy atom. The Labute approximate surface area is 121 Å². The van der Waals surface area contributed by atoms with Gasteiger partial charge in [0, 0.05) is 6.42 Å². The van der Waals surface area contributed by atoms with Gasteiger partial charge in [0.25, 0.3) is 0 Å². The summed E-state index contributed by atoms with van der Waals surface area (Å²) >= 11 is 0. The molecule has 1 aromatic carbocycles. The Bertz CT molecular complexity index is 460. The molecule has 3 nitrogen and oxygen atoms in total. The molecular weight excluding hydrogens is 285 g/mol. The molecule has 6 heteroatoms. The molecule has 0 heterocycles. The number of aliphatic hydroxyl groups excluding tert-OH is 1. The largest absolute Gasteiger partial charge is 0.493 e. The number of rotatable bonds is 6. The molecule has 1 N–H and O–H groups in total. The molecule has 1 aliphatic carbocycles. The fraction of sp³-hybridized carbons (Fsp3) is 0.600. The smallest absolute Gasteiger partial charge is 0.411 e. The monoisotopic (exact) mass is 304 g/mol. The van der Waals surface area contributed by atoms with E-state index >= 15 is 0 Å². The van der Waals surface area contributed by atoms with Gasteiger partial charge in [0.15, 0.2) is 0 Å². The predicted molar refractivity (Wildman–Crippen MR) is 71.3 cm³/mol. The van der Waals surface area contributed by atoms with Gasteiger partial charge in [-0.05, 0) is 42.5 Å². The van der Waals surface area contributed by atoms with Gasteiger partial charge >= 0.3 is 6.18 Å². The summed E-state index contributed by atoms with van der Waals surface area (Å²) in [6.45, 7) is -0.897. The van der Waals surface area contributed by atoms with Crippen molar-refractivity contribution in [1.29, 1.82) is 0 Å². The first-order valence-electron chi connectivity index (χ1n) is 7.04. The van der Waals surface area contributed by atoms with E-state index in [0.717, 1.165) is 30.4 Å². The van der Waals surface area contributed by atoms with Crippen LogP contribution in [0.4, 0.5) is 13.2 Å². The van der Waals surface area contributed by atoms with Crippen LogP contribution in [0.2, 0.25) is 0 Å². The molecule has 0 saturated heterocycles. The molecular formula is C15H19F3O3. The highest BCUT2D eigenvalue weighted by Crippen LogP contribution is 2.31. The van der Waals surface area contributed by atoms with Crippen LogP contribution in [0.3, 0.4) is 0 Å². The molecule has 0 saturated carbocycles. The van der Waals surface area contributed by atoms with E-state index < -0.39 is 18.9 Å². The Hall–Kier alpha value is -1.27. The third-order valence-corrected chi connectivity index (χ3v) is 3.36. The Balaban J connectivity index is 1.72. The zero-order chi connectivity index (χ0) is 15.3. The number of fused-ring (bicyclic) bond motifs is 1. The lowest BCUT2D eigenvalue weighted by atomic mass is 9.89. The maximum absolute atomic E-state index is 11.8. The quantitative estimate of drug-likeness (QED) is 0.819. The van der Waals surface area contributed by atoms with Gasteiger partial charge in [-0.3, -0.25) is 0 Å². The number of benzene rings is 1. The Kier molecular flexibility index (Phi) is 5.47. The summed E-state index contributed by atoms with van der Waals surface area (Å²) in [6, 6.07) is 5.53. The van der Waals surface area contributed by atoms with Crippen molar-refractivity contribution in [1.82, 2.24) is 0 Å². The van der Waals surface area contributed by atoms with E-state index in [4.69, 9.17) is 4.74 Å². The van der Waals surface area contributed by atoms with Crippen LogP contribution >= 0.6 is 0 Å². The van der Waals surface area contributed by atoms with Gasteiger partial charge in [0.2, 0.25) is 0 Å². The van der Waals surface area contributed by atoms with Crippen molar-refractivity contribution in [2.45, 2.75) is 38.0 Å². The number of aliphatic hydroxyl groups is 1. The van der Waals surface area contributed by atoms with E-state index in [0.29, 0.717) is 18.8 Å². The number of halogens is 3. The lowest BCUT2D eigenvalue weighted by molar-refractivity contribution is -0.174. The molecule has 1 unspecified atom stereocenters. The van der Waals surface area contributed by atoms with Crippen LogP contribution in [-0.4, -0.2) is 31.1 Å². The van der Waals surface area contributed by atoms with Crippen LogP contribution in [0.25, 0.3) is 0 Å². The number of aryl methyl sites for hydroxylation is 1. The van der Waals surface area contributed by atoms with Gasteiger partial charge in [0.05, 0.1) is 19.3 Å². The Morgan fingerprint density at radius 3 is 2.81 bits per heavy atom. The summed E-state index contributed by atoms with van der Waals surface area (Å²) in [5.74, 6) is 0.679. The number of hydrogen-bond donors (Lipinski definition) is 1. The van der Waals surface area contributed by atoms with Crippen LogP contribution in [-0.2, 0) is 11.2 Å². The van der Waals surface area contributed by atoms with E-state index in [9.17, 15) is 18.3 Å². The highest BCUT2D eigenvalue weighted by atomic mass is 19.4. The van der Waals surface area contributed by atoms with E-state index in [1.165, 1.54) is 0 Å². The zero-order valence-corrected chi connectivity index (χ0v) is 11.7. The summed E-state index contributed by atoms with van der Waals surface area (Å²) in [7, 11) is 0. The lowest BCUT2D eigenvalue weighted by Crippen LogP contribution is -2.18. The van der Waals surface area contributed by atoms with Gasteiger partial charge in [-0.25, -0.2) is 0 Å². The van der Waals surface area contributed by atoms with Crippen LogP contribution in [0.5, 0.6) is 5.75 Å². The second-order valence-electron chi connectivity index (χ2n) is 5.14. The SMILES string of the molecule is OC1CCCc2cc(OCCCOCC(F)(F)F)ccc21. The maximum atomic E-state index is 11.8. The van der Waals surface area contributed by atoms with Gasteiger partial charge in [-0.2, -0.15) is 13.2 Å². The van der Waals surface area contributed by atoms with Gasteiger partial charge < -0.3 is 14.6 Å². The summed E-state index contributed by atoms with van der Waals surface area (Å²) in [4.78, 5) is 0. The van der Waals surface area contributed by atoms with Gasteiger partial charge in [-0.15, -0.1) is 0 Å². The fourth-order valence-corrected chi connectivity index (χ4v) is 2.39. The molecule has 0 spiro atoms. The second-order valence-corrected chi connectivity index (χ2v) is 5.14. The van der Waals surface area contributed by atoms with Crippen molar-refractivity contribution >= 4 is 0 Å². The van der Waals surface area contributed by atoms with Crippen LogP contribution in [0, 0.1) is 0 Å². The highest BCUT2D eigenvalue weighted by Gasteiger charge is 2.27. The number of alkyl halides is 3. The topological polar surface area (TPSA) is 38.7 Å². The minimum absolute atomic E-state index is 0.0170. The van der Waals surface area contributed by atoms with Crippen LogP contribution in [0.1, 0.15) is 36.5 Å². The van der Waals surface area contributed by atoms with Gasteiger partial charge in [-0.1, -0.05) is 6.07 Å². The first kappa shape index (κ1) is 16.1. The molecule has 118 valence electrons. The van der Waals surface area contributed by atoms with E-state index in [1.807, 2.05) is 12.1 Å². The molecule has 21 heavy (non-hydrogen) atoms. The zero-order valence-electron chi connectivity index (χ0n) is 11.7. The maximum Gasteiger partial charge on any atom is 0.411 e. The molecule has 1 aromatic rings. The molecule has 0 amide bonds. The minimum atomic E-state index is -4.28. The molecule has 1 aliphatic rings. The summed E-state index contributed by atoms with van der Waals surface area (Å²) in [5, 5.41) is 9.84. The molecule has 1 atom stereocenters. The molecule has 0 radical (unpaired) electrons.